The summed E-state index contributed by atoms with van der Waals surface area (Å²) in [6.07, 6.45) is 2.32. The number of hydrogen-bond acceptors (Lipinski definition) is 3. The molecule has 0 unspecified atom stereocenters. The minimum Gasteiger partial charge on any atom is -0.310 e. The molecule has 0 radical (unpaired) electrons. The van der Waals surface area contributed by atoms with E-state index in [2.05, 4.69) is 207 Å². The van der Waals surface area contributed by atoms with Crippen molar-refractivity contribution >= 4 is 78.0 Å². The average Bonchev–Trinajstić information content (AvgIpc) is 3.58. The zero-order chi connectivity index (χ0) is 41.4. The monoisotopic (exact) mass is 788 g/mol. The normalized spacial score (nSPS) is 16.4. The Morgan fingerprint density at radius 1 is 0.593 bits per heavy atom. The molecule has 59 heavy (non-hydrogen) atoms. The molecule has 0 bridgehead atoms. The molecule has 4 heteroatoms. The van der Waals surface area contributed by atoms with E-state index in [9.17, 15) is 0 Å². The Kier molecular flexibility index (Phi) is 8.39. The highest BCUT2D eigenvalue weighted by Gasteiger charge is 2.49. The van der Waals surface area contributed by atoms with Crippen molar-refractivity contribution in [3.8, 4) is 11.1 Å². The highest BCUT2D eigenvalue weighted by molar-refractivity contribution is 7.26. The van der Waals surface area contributed by atoms with Crippen LogP contribution >= 0.6 is 11.3 Å². The van der Waals surface area contributed by atoms with Crippen LogP contribution in [0, 0.1) is 6.92 Å². The van der Waals surface area contributed by atoms with E-state index in [4.69, 9.17) is 0 Å². The van der Waals surface area contributed by atoms with Crippen LogP contribution in [0.5, 0.6) is 0 Å². The van der Waals surface area contributed by atoms with Crippen molar-refractivity contribution < 1.29 is 0 Å². The molecule has 0 fully saturated rings. The zero-order valence-corrected chi connectivity index (χ0v) is 37.7. The molecule has 2 nitrogen and oxygen atoms in total. The van der Waals surface area contributed by atoms with Crippen molar-refractivity contribution in [2.24, 2.45) is 0 Å². The number of fused-ring (bicyclic) bond motifs is 8. The van der Waals surface area contributed by atoms with Gasteiger partial charge in [0, 0.05) is 33.0 Å². The van der Waals surface area contributed by atoms with E-state index in [0.29, 0.717) is 0 Å². The highest BCUT2D eigenvalue weighted by atomic mass is 32.1. The third-order valence-corrected chi connectivity index (χ3v) is 15.0. The third kappa shape index (κ3) is 5.87. The standard InChI is InChI=1S/C55H57BN2S/c1-34-31-44-49-45(32-34)58(43-28-23-37(53(5,6)7)33-40(43)35-17-13-12-14-18-35)50-42(27-26-41-47(50)55(10,11)30-29-54(41,8)9)56(49)48-39-19-15-16-20-46(39)59-51(48)57(44)38-24-21-36(22-25-38)52(2,3)4/h12-28,31-33H,29-30H2,1-11H3. The molecule has 0 amide bonds. The van der Waals surface area contributed by atoms with E-state index in [0.717, 1.165) is 6.42 Å². The van der Waals surface area contributed by atoms with Crippen molar-refractivity contribution in [1.82, 2.24) is 0 Å². The molecule has 3 heterocycles. The summed E-state index contributed by atoms with van der Waals surface area (Å²) in [5.41, 5.74) is 20.3. The van der Waals surface area contributed by atoms with Gasteiger partial charge < -0.3 is 9.80 Å². The summed E-state index contributed by atoms with van der Waals surface area (Å²) in [4.78, 5) is 5.33. The largest absolute Gasteiger partial charge is 0.310 e. The lowest BCUT2D eigenvalue weighted by Gasteiger charge is -2.49. The minimum absolute atomic E-state index is 0.0000863. The van der Waals surface area contributed by atoms with E-state index in [1.807, 2.05) is 11.3 Å². The van der Waals surface area contributed by atoms with Crippen molar-refractivity contribution in [3.05, 3.63) is 149 Å². The van der Waals surface area contributed by atoms with Gasteiger partial charge in [-0.05, 0) is 139 Å². The van der Waals surface area contributed by atoms with Gasteiger partial charge in [-0.1, -0.05) is 148 Å². The maximum Gasteiger partial charge on any atom is 0.254 e. The molecule has 0 saturated heterocycles. The summed E-state index contributed by atoms with van der Waals surface area (Å²) in [5.74, 6) is 0. The molecule has 0 spiro atoms. The van der Waals surface area contributed by atoms with Crippen molar-refractivity contribution in [2.45, 2.75) is 111 Å². The minimum atomic E-state index is -0.0219. The van der Waals surface area contributed by atoms with Crippen LogP contribution in [-0.4, -0.2) is 6.71 Å². The van der Waals surface area contributed by atoms with Crippen molar-refractivity contribution in [2.75, 3.05) is 9.80 Å². The lowest BCUT2D eigenvalue weighted by molar-refractivity contribution is 0.333. The number of aryl methyl sites for hydroxylation is 1. The lowest BCUT2D eigenvalue weighted by Crippen LogP contribution is -2.61. The summed E-state index contributed by atoms with van der Waals surface area (Å²) >= 11 is 1.95. The highest BCUT2D eigenvalue weighted by Crippen LogP contribution is 2.55. The van der Waals surface area contributed by atoms with Gasteiger partial charge in [-0.15, -0.1) is 11.3 Å². The lowest BCUT2D eigenvalue weighted by atomic mass is 9.33. The molecule has 2 aliphatic heterocycles. The van der Waals surface area contributed by atoms with Gasteiger partial charge in [0.25, 0.3) is 6.71 Å². The maximum atomic E-state index is 2.73. The molecule has 0 N–H and O–H groups in total. The summed E-state index contributed by atoms with van der Waals surface area (Å²) in [7, 11) is 0. The van der Waals surface area contributed by atoms with E-state index in [-0.39, 0.29) is 28.4 Å². The van der Waals surface area contributed by atoms with Gasteiger partial charge in [-0.25, -0.2) is 0 Å². The van der Waals surface area contributed by atoms with E-state index < -0.39 is 0 Å². The van der Waals surface area contributed by atoms with Crippen LogP contribution in [0.2, 0.25) is 0 Å². The Labute approximate surface area is 357 Å². The van der Waals surface area contributed by atoms with Crippen LogP contribution < -0.4 is 26.2 Å². The first-order chi connectivity index (χ1) is 27.9. The fourth-order valence-corrected chi connectivity index (χ4v) is 11.8. The molecular formula is C55H57BN2S. The Hall–Kier alpha value is -5.06. The number of benzene rings is 6. The van der Waals surface area contributed by atoms with Crippen molar-refractivity contribution in [3.63, 3.8) is 0 Å². The predicted molar refractivity (Wildman–Crippen MR) is 259 cm³/mol. The number of hydrogen-bond donors (Lipinski definition) is 0. The molecule has 1 aromatic heterocycles. The molecule has 0 saturated carbocycles. The van der Waals surface area contributed by atoms with Gasteiger partial charge in [0.15, 0.2) is 0 Å². The summed E-state index contributed by atoms with van der Waals surface area (Å²) in [6.45, 7) is 26.2. The average molecular weight is 789 g/mol. The van der Waals surface area contributed by atoms with E-state index in [1.54, 1.807) is 0 Å². The molecule has 0 atom stereocenters. The quantitative estimate of drug-likeness (QED) is 0.165. The Bertz CT molecular complexity index is 2810. The molecular weight excluding hydrogens is 731 g/mol. The van der Waals surface area contributed by atoms with Crippen LogP contribution in [0.4, 0.5) is 33.4 Å². The second kappa shape index (κ2) is 13.0. The van der Waals surface area contributed by atoms with Gasteiger partial charge in [0.05, 0.1) is 10.7 Å². The first-order valence-corrected chi connectivity index (χ1v) is 22.5. The number of nitrogens with zero attached hydrogens (tertiary/aromatic N) is 2. The van der Waals surface area contributed by atoms with Crippen LogP contribution in [0.3, 0.4) is 0 Å². The smallest absolute Gasteiger partial charge is 0.254 e. The number of thiophene rings is 1. The molecule has 6 aromatic carbocycles. The summed E-state index contributed by atoms with van der Waals surface area (Å²) in [6, 6.07) is 47.0. The number of rotatable bonds is 3. The van der Waals surface area contributed by atoms with Crippen LogP contribution in [0.1, 0.15) is 110 Å². The van der Waals surface area contributed by atoms with Crippen LogP contribution in [0.15, 0.2) is 121 Å². The fraction of sp³-hybridized carbons (Fsp3) is 0.309. The van der Waals surface area contributed by atoms with Gasteiger partial charge in [0.2, 0.25) is 0 Å². The van der Waals surface area contributed by atoms with E-state index in [1.165, 1.54) is 105 Å². The first kappa shape index (κ1) is 38.2. The SMILES string of the molecule is Cc1cc2c3c(c1)N(c1ccc(C(C)(C)C)cc1-c1ccccc1)c1c(ccc4c1C(C)(C)CCC4(C)C)B3c1c(sc3ccccc13)N2c1ccc(C(C)(C)C)cc1. The second-order valence-corrected chi connectivity index (χ2v) is 22.0. The van der Waals surface area contributed by atoms with Crippen molar-refractivity contribution in [1.29, 1.82) is 0 Å². The number of anilines is 6. The van der Waals surface area contributed by atoms with Gasteiger partial charge in [0.1, 0.15) is 0 Å². The topological polar surface area (TPSA) is 6.48 Å². The molecule has 3 aliphatic rings. The molecule has 1 aliphatic carbocycles. The third-order valence-electron chi connectivity index (χ3n) is 13.9. The fourth-order valence-electron chi connectivity index (χ4n) is 10.5. The first-order valence-electron chi connectivity index (χ1n) is 21.7. The Morgan fingerprint density at radius 3 is 1.92 bits per heavy atom. The molecule has 7 aromatic rings. The molecule has 10 rings (SSSR count). The Balaban J connectivity index is 1.36. The second-order valence-electron chi connectivity index (χ2n) is 21.0. The van der Waals surface area contributed by atoms with E-state index >= 15 is 0 Å². The van der Waals surface area contributed by atoms with Gasteiger partial charge in [-0.2, -0.15) is 0 Å². The molecule has 296 valence electrons. The Morgan fingerprint density at radius 2 is 1.22 bits per heavy atom. The van der Waals surface area contributed by atoms with Gasteiger partial charge in [-0.3, -0.25) is 0 Å². The van der Waals surface area contributed by atoms with Crippen LogP contribution in [0.25, 0.3) is 21.2 Å². The summed E-state index contributed by atoms with van der Waals surface area (Å²) < 4.78 is 1.34. The van der Waals surface area contributed by atoms with Gasteiger partial charge >= 0.3 is 0 Å². The predicted octanol–water partition coefficient (Wildman–Crippen LogP) is 13.9. The maximum absolute atomic E-state index is 2.73. The summed E-state index contributed by atoms with van der Waals surface area (Å²) in [5, 5.41) is 2.70. The zero-order valence-electron chi connectivity index (χ0n) is 36.8. The van der Waals surface area contributed by atoms with Crippen LogP contribution in [-0.2, 0) is 21.7 Å².